The van der Waals surface area contributed by atoms with Crippen molar-refractivity contribution >= 4 is 5.69 Å². The van der Waals surface area contributed by atoms with Gasteiger partial charge in [0.05, 0.1) is 7.11 Å². The van der Waals surface area contributed by atoms with E-state index in [4.69, 9.17) is 4.74 Å². The lowest BCUT2D eigenvalue weighted by molar-refractivity contribution is 0.386. The molecule has 0 saturated carbocycles. The molecule has 0 unspecified atom stereocenters. The van der Waals surface area contributed by atoms with Crippen LogP contribution in [0.4, 0.5) is 10.1 Å². The van der Waals surface area contributed by atoms with E-state index in [1.807, 2.05) is 6.07 Å². The zero-order valence-corrected chi connectivity index (χ0v) is 11.2. The van der Waals surface area contributed by atoms with Crippen LogP contribution in [0.15, 0.2) is 42.5 Å². The predicted molar refractivity (Wildman–Crippen MR) is 76.1 cm³/mol. The molecule has 0 radical (unpaired) electrons. The second-order valence-electron chi connectivity index (χ2n) is 4.37. The molecular weight excluding hydrogens is 241 g/mol. The molecule has 0 bridgehead atoms. The quantitative estimate of drug-likeness (QED) is 0.876. The van der Waals surface area contributed by atoms with Crippen LogP contribution in [-0.2, 0) is 13.0 Å². The van der Waals surface area contributed by atoms with Gasteiger partial charge < -0.3 is 10.1 Å². The van der Waals surface area contributed by atoms with Crippen molar-refractivity contribution in [2.75, 3.05) is 12.4 Å². The first kappa shape index (κ1) is 13.4. The first-order chi connectivity index (χ1) is 9.22. The van der Waals surface area contributed by atoms with Gasteiger partial charge in [0.25, 0.3) is 0 Å². The summed E-state index contributed by atoms with van der Waals surface area (Å²) in [7, 11) is 1.46. The molecule has 1 N–H and O–H groups in total. The van der Waals surface area contributed by atoms with E-state index in [-0.39, 0.29) is 11.6 Å². The smallest absolute Gasteiger partial charge is 0.167 e. The van der Waals surface area contributed by atoms with Crippen LogP contribution in [0.3, 0.4) is 0 Å². The average Bonchev–Trinajstić information content (AvgIpc) is 2.46. The lowest BCUT2D eigenvalue weighted by Crippen LogP contribution is -2.00. The fraction of sp³-hybridized carbons (Fsp3) is 0.250. The van der Waals surface area contributed by atoms with Crippen LogP contribution in [0, 0.1) is 5.82 Å². The van der Waals surface area contributed by atoms with Crippen LogP contribution >= 0.6 is 0 Å². The Bertz CT molecular complexity index is 537. The Kier molecular flexibility index (Phi) is 4.39. The molecular formula is C16H18FNO. The Hall–Kier alpha value is -2.03. The van der Waals surface area contributed by atoms with Gasteiger partial charge in [0.1, 0.15) is 0 Å². The molecule has 100 valence electrons. The minimum atomic E-state index is -0.353. The second-order valence-corrected chi connectivity index (χ2v) is 4.37. The van der Waals surface area contributed by atoms with Crippen molar-refractivity contribution < 1.29 is 9.13 Å². The second kappa shape index (κ2) is 6.23. The number of benzene rings is 2. The molecule has 0 aromatic heterocycles. The van der Waals surface area contributed by atoms with Crippen LogP contribution in [0.5, 0.6) is 5.75 Å². The number of rotatable bonds is 5. The number of methoxy groups -OCH3 is 1. The third kappa shape index (κ3) is 3.47. The van der Waals surface area contributed by atoms with E-state index < -0.39 is 0 Å². The zero-order valence-electron chi connectivity index (χ0n) is 11.2. The van der Waals surface area contributed by atoms with Crippen molar-refractivity contribution in [1.29, 1.82) is 0 Å². The van der Waals surface area contributed by atoms with Crippen LogP contribution in [0.25, 0.3) is 0 Å². The maximum absolute atomic E-state index is 13.5. The number of hydrogen-bond acceptors (Lipinski definition) is 2. The topological polar surface area (TPSA) is 21.3 Å². The Labute approximate surface area is 113 Å². The Balaban J connectivity index is 1.99. The number of aryl methyl sites for hydroxylation is 1. The number of nitrogens with one attached hydrogen (secondary N) is 1. The van der Waals surface area contributed by atoms with Crippen molar-refractivity contribution in [3.63, 3.8) is 0 Å². The molecule has 0 atom stereocenters. The van der Waals surface area contributed by atoms with E-state index in [9.17, 15) is 4.39 Å². The molecule has 2 nitrogen and oxygen atoms in total. The Morgan fingerprint density at radius 2 is 1.74 bits per heavy atom. The predicted octanol–water partition coefficient (Wildman–Crippen LogP) is 4.01. The normalized spacial score (nSPS) is 10.3. The van der Waals surface area contributed by atoms with Gasteiger partial charge in [-0.2, -0.15) is 0 Å². The van der Waals surface area contributed by atoms with E-state index in [2.05, 4.69) is 36.5 Å². The molecule has 0 amide bonds. The van der Waals surface area contributed by atoms with E-state index in [0.29, 0.717) is 6.54 Å². The van der Waals surface area contributed by atoms with Gasteiger partial charge in [0, 0.05) is 18.3 Å². The summed E-state index contributed by atoms with van der Waals surface area (Å²) >= 11 is 0. The fourth-order valence-electron chi connectivity index (χ4n) is 1.87. The molecule has 2 aromatic rings. The maximum Gasteiger partial charge on any atom is 0.167 e. The average molecular weight is 259 g/mol. The standard InChI is InChI=1S/C16H18FNO/c1-3-12-4-6-13(7-5-12)11-18-14-8-9-16(19-2)15(17)10-14/h4-10,18H,3,11H2,1-2H3. The van der Waals surface area contributed by atoms with Crippen molar-refractivity contribution in [2.24, 2.45) is 0 Å². The van der Waals surface area contributed by atoms with Gasteiger partial charge in [0.15, 0.2) is 11.6 Å². The highest BCUT2D eigenvalue weighted by atomic mass is 19.1. The minimum Gasteiger partial charge on any atom is -0.494 e. The molecule has 0 spiro atoms. The van der Waals surface area contributed by atoms with Gasteiger partial charge in [-0.1, -0.05) is 31.2 Å². The summed E-state index contributed by atoms with van der Waals surface area (Å²) in [6.07, 6.45) is 1.04. The fourth-order valence-corrected chi connectivity index (χ4v) is 1.87. The van der Waals surface area contributed by atoms with Crippen LogP contribution in [-0.4, -0.2) is 7.11 Å². The summed E-state index contributed by atoms with van der Waals surface area (Å²) < 4.78 is 18.4. The van der Waals surface area contributed by atoms with Gasteiger partial charge in [-0.05, 0) is 29.7 Å². The molecule has 0 aliphatic heterocycles. The van der Waals surface area contributed by atoms with Crippen molar-refractivity contribution in [3.8, 4) is 5.75 Å². The highest BCUT2D eigenvalue weighted by Gasteiger charge is 2.03. The number of halogens is 1. The van der Waals surface area contributed by atoms with Crippen LogP contribution < -0.4 is 10.1 Å². The largest absolute Gasteiger partial charge is 0.494 e. The molecule has 0 fully saturated rings. The summed E-state index contributed by atoms with van der Waals surface area (Å²) in [4.78, 5) is 0. The van der Waals surface area contributed by atoms with Crippen molar-refractivity contribution in [3.05, 3.63) is 59.4 Å². The zero-order chi connectivity index (χ0) is 13.7. The molecule has 2 rings (SSSR count). The van der Waals surface area contributed by atoms with Crippen molar-refractivity contribution in [2.45, 2.75) is 19.9 Å². The summed E-state index contributed by atoms with van der Waals surface area (Å²) in [5.41, 5.74) is 3.24. The summed E-state index contributed by atoms with van der Waals surface area (Å²) in [5.74, 6) is -0.0910. The molecule has 3 heteroatoms. The molecule has 2 aromatic carbocycles. The maximum atomic E-state index is 13.5. The molecule has 0 aliphatic carbocycles. The molecule has 19 heavy (non-hydrogen) atoms. The van der Waals surface area contributed by atoms with E-state index in [0.717, 1.165) is 12.1 Å². The van der Waals surface area contributed by atoms with Gasteiger partial charge in [-0.15, -0.1) is 0 Å². The number of hydrogen-bond donors (Lipinski definition) is 1. The summed E-state index contributed by atoms with van der Waals surface area (Å²) in [6.45, 7) is 2.81. The third-order valence-corrected chi connectivity index (χ3v) is 3.08. The number of ether oxygens (including phenoxy) is 1. The third-order valence-electron chi connectivity index (χ3n) is 3.08. The SMILES string of the molecule is CCc1ccc(CNc2ccc(OC)c(F)c2)cc1. The molecule has 0 saturated heterocycles. The van der Waals surface area contributed by atoms with Gasteiger partial charge in [-0.3, -0.25) is 0 Å². The highest BCUT2D eigenvalue weighted by molar-refractivity contribution is 5.47. The number of anilines is 1. The Morgan fingerprint density at radius 3 is 2.32 bits per heavy atom. The lowest BCUT2D eigenvalue weighted by atomic mass is 10.1. The van der Waals surface area contributed by atoms with E-state index >= 15 is 0 Å². The van der Waals surface area contributed by atoms with E-state index in [1.54, 1.807) is 6.07 Å². The van der Waals surface area contributed by atoms with Gasteiger partial charge >= 0.3 is 0 Å². The minimum absolute atomic E-state index is 0.262. The summed E-state index contributed by atoms with van der Waals surface area (Å²) in [6, 6.07) is 13.3. The Morgan fingerprint density at radius 1 is 1.05 bits per heavy atom. The molecule has 0 aliphatic rings. The van der Waals surface area contributed by atoms with E-state index in [1.165, 1.54) is 24.3 Å². The van der Waals surface area contributed by atoms with Crippen molar-refractivity contribution in [1.82, 2.24) is 0 Å². The highest BCUT2D eigenvalue weighted by Crippen LogP contribution is 2.21. The molecule has 0 heterocycles. The first-order valence-corrected chi connectivity index (χ1v) is 6.38. The van der Waals surface area contributed by atoms with Gasteiger partial charge in [-0.25, -0.2) is 4.39 Å². The lowest BCUT2D eigenvalue weighted by Gasteiger charge is -2.09. The first-order valence-electron chi connectivity index (χ1n) is 6.38. The summed E-state index contributed by atoms with van der Waals surface area (Å²) in [5, 5.41) is 3.19. The van der Waals surface area contributed by atoms with Crippen LogP contribution in [0.1, 0.15) is 18.1 Å². The monoisotopic (exact) mass is 259 g/mol. The van der Waals surface area contributed by atoms with Gasteiger partial charge in [0.2, 0.25) is 0 Å². The van der Waals surface area contributed by atoms with Crippen LogP contribution in [0.2, 0.25) is 0 Å².